The highest BCUT2D eigenvalue weighted by atomic mass is 16.5. The minimum atomic E-state index is 0.00192. The molecule has 0 saturated carbocycles. The van der Waals surface area contributed by atoms with E-state index >= 15 is 0 Å². The van der Waals surface area contributed by atoms with Gasteiger partial charge in [-0.2, -0.15) is 0 Å². The summed E-state index contributed by atoms with van der Waals surface area (Å²) in [5, 5.41) is 3.21. The van der Waals surface area contributed by atoms with Gasteiger partial charge >= 0.3 is 0 Å². The van der Waals surface area contributed by atoms with E-state index in [9.17, 15) is 4.79 Å². The molecule has 1 saturated heterocycles. The van der Waals surface area contributed by atoms with Crippen molar-refractivity contribution >= 4 is 11.9 Å². The van der Waals surface area contributed by atoms with Crippen LogP contribution in [0, 0.1) is 0 Å². The van der Waals surface area contributed by atoms with Crippen molar-refractivity contribution < 1.29 is 9.53 Å². The van der Waals surface area contributed by atoms with Gasteiger partial charge in [0, 0.05) is 25.8 Å². The highest BCUT2D eigenvalue weighted by Gasteiger charge is 2.18. The largest absolute Gasteiger partial charge is 0.496 e. The summed E-state index contributed by atoms with van der Waals surface area (Å²) in [5.74, 6) is 1.36. The maximum absolute atomic E-state index is 12.7. The lowest BCUT2D eigenvalue weighted by atomic mass is 10.1. The minimum Gasteiger partial charge on any atom is -0.496 e. The van der Waals surface area contributed by atoms with Gasteiger partial charge in [0.15, 0.2) is 0 Å². The maximum atomic E-state index is 12.7. The van der Waals surface area contributed by atoms with Gasteiger partial charge in [-0.05, 0) is 37.0 Å². The molecule has 2 aromatic rings. The second-order valence-electron chi connectivity index (χ2n) is 6.46. The number of nitrogens with zero attached hydrogens (tertiary/aromatic N) is 3. The minimum absolute atomic E-state index is 0.00192. The van der Waals surface area contributed by atoms with Gasteiger partial charge in [0.2, 0.25) is 5.95 Å². The third-order valence-corrected chi connectivity index (χ3v) is 4.64. The van der Waals surface area contributed by atoms with Crippen LogP contribution in [-0.2, 0) is 6.42 Å². The maximum Gasteiger partial charge on any atom is 0.272 e. The van der Waals surface area contributed by atoms with Crippen LogP contribution < -0.4 is 10.1 Å². The van der Waals surface area contributed by atoms with E-state index in [1.54, 1.807) is 19.4 Å². The Kier molecular flexibility index (Phi) is 6.41. The van der Waals surface area contributed by atoms with Crippen molar-refractivity contribution in [1.82, 2.24) is 14.9 Å². The summed E-state index contributed by atoms with van der Waals surface area (Å²) in [5.41, 5.74) is 1.58. The number of aromatic nitrogens is 2. The molecule has 2 heterocycles. The molecule has 0 bridgehead atoms. The predicted octanol–water partition coefficient (Wildman–Crippen LogP) is 3.16. The van der Waals surface area contributed by atoms with Crippen molar-refractivity contribution in [3.63, 3.8) is 0 Å². The zero-order valence-electron chi connectivity index (χ0n) is 15.3. The van der Waals surface area contributed by atoms with Crippen molar-refractivity contribution in [3.05, 3.63) is 47.8 Å². The molecular weight excluding hydrogens is 328 g/mol. The van der Waals surface area contributed by atoms with Gasteiger partial charge in [0.25, 0.3) is 5.91 Å². The van der Waals surface area contributed by atoms with Gasteiger partial charge in [0.05, 0.1) is 7.11 Å². The number of anilines is 1. The Morgan fingerprint density at radius 3 is 2.69 bits per heavy atom. The van der Waals surface area contributed by atoms with Gasteiger partial charge in [0.1, 0.15) is 11.4 Å². The summed E-state index contributed by atoms with van der Waals surface area (Å²) in [6, 6.07) is 9.64. The van der Waals surface area contributed by atoms with E-state index in [4.69, 9.17) is 4.74 Å². The topological polar surface area (TPSA) is 67.3 Å². The molecular formula is C20H26N4O2. The Balaban J connectivity index is 1.59. The molecule has 0 aliphatic carbocycles. The summed E-state index contributed by atoms with van der Waals surface area (Å²) < 4.78 is 5.37. The third kappa shape index (κ3) is 4.71. The van der Waals surface area contributed by atoms with Gasteiger partial charge < -0.3 is 15.0 Å². The monoisotopic (exact) mass is 354 g/mol. The number of carbonyl (C=O) groups is 1. The first-order valence-electron chi connectivity index (χ1n) is 9.26. The third-order valence-electron chi connectivity index (χ3n) is 4.64. The first-order chi connectivity index (χ1) is 12.8. The molecule has 6 heteroatoms. The summed E-state index contributed by atoms with van der Waals surface area (Å²) in [6.45, 7) is 2.31. The van der Waals surface area contributed by atoms with Crippen LogP contribution in [0.2, 0.25) is 0 Å². The van der Waals surface area contributed by atoms with Crippen molar-refractivity contribution in [3.8, 4) is 5.75 Å². The number of ether oxygens (including phenoxy) is 1. The molecule has 1 N–H and O–H groups in total. The van der Waals surface area contributed by atoms with E-state index in [0.717, 1.165) is 43.7 Å². The smallest absolute Gasteiger partial charge is 0.272 e. The zero-order chi connectivity index (χ0) is 18.2. The van der Waals surface area contributed by atoms with Crippen molar-refractivity contribution in [2.45, 2.75) is 32.1 Å². The van der Waals surface area contributed by atoms with Gasteiger partial charge in [-0.15, -0.1) is 0 Å². The molecule has 0 spiro atoms. The fraction of sp³-hybridized carbons (Fsp3) is 0.450. The van der Waals surface area contributed by atoms with Crippen LogP contribution in [0.5, 0.6) is 5.75 Å². The molecule has 138 valence electrons. The Labute approximate surface area is 154 Å². The van der Waals surface area contributed by atoms with E-state index in [-0.39, 0.29) is 5.91 Å². The number of carbonyl (C=O) groups excluding carboxylic acids is 1. The molecule has 6 nitrogen and oxygen atoms in total. The highest BCUT2D eigenvalue weighted by molar-refractivity contribution is 5.92. The SMILES string of the molecule is COc1ccccc1CCNc1nccc(C(=O)N2CCCCCC2)n1. The number of nitrogens with one attached hydrogen (secondary N) is 1. The van der Waals surface area contributed by atoms with Crippen LogP contribution >= 0.6 is 0 Å². The summed E-state index contributed by atoms with van der Waals surface area (Å²) in [4.78, 5) is 23.2. The lowest BCUT2D eigenvalue weighted by Gasteiger charge is -2.19. The first kappa shape index (κ1) is 18.2. The number of hydrogen-bond donors (Lipinski definition) is 1. The number of para-hydroxylation sites is 1. The molecule has 3 rings (SSSR count). The van der Waals surface area contributed by atoms with Crippen molar-refractivity contribution in [2.24, 2.45) is 0 Å². The average Bonchev–Trinajstić information content (AvgIpc) is 2.97. The Hall–Kier alpha value is -2.63. The number of benzene rings is 1. The molecule has 1 aromatic carbocycles. The Morgan fingerprint density at radius 1 is 1.15 bits per heavy atom. The van der Waals surface area contributed by atoms with E-state index in [1.165, 1.54) is 12.8 Å². The second-order valence-corrected chi connectivity index (χ2v) is 6.46. The van der Waals surface area contributed by atoms with Gasteiger partial charge in [-0.3, -0.25) is 4.79 Å². The molecule has 0 radical (unpaired) electrons. The number of amides is 1. The van der Waals surface area contributed by atoms with E-state index in [0.29, 0.717) is 18.2 Å². The molecule has 0 atom stereocenters. The molecule has 1 fully saturated rings. The van der Waals surface area contributed by atoms with Crippen LogP contribution in [0.1, 0.15) is 41.7 Å². The molecule has 26 heavy (non-hydrogen) atoms. The summed E-state index contributed by atoms with van der Waals surface area (Å²) in [6.07, 6.45) is 6.97. The lowest BCUT2D eigenvalue weighted by Crippen LogP contribution is -2.32. The van der Waals surface area contributed by atoms with Crippen molar-refractivity contribution in [1.29, 1.82) is 0 Å². The van der Waals surface area contributed by atoms with E-state index in [2.05, 4.69) is 15.3 Å². The van der Waals surface area contributed by atoms with Crippen LogP contribution in [0.15, 0.2) is 36.5 Å². The second kappa shape index (κ2) is 9.17. The molecule has 1 aliphatic rings. The number of hydrogen-bond acceptors (Lipinski definition) is 5. The van der Waals surface area contributed by atoms with Crippen LogP contribution in [0.4, 0.5) is 5.95 Å². The van der Waals surface area contributed by atoms with Gasteiger partial charge in [-0.1, -0.05) is 31.0 Å². The summed E-state index contributed by atoms with van der Waals surface area (Å²) in [7, 11) is 1.67. The van der Waals surface area contributed by atoms with E-state index in [1.807, 2.05) is 29.2 Å². The first-order valence-corrected chi connectivity index (χ1v) is 9.26. The molecule has 1 aliphatic heterocycles. The number of rotatable bonds is 6. The Morgan fingerprint density at radius 2 is 1.92 bits per heavy atom. The van der Waals surface area contributed by atoms with Gasteiger partial charge in [-0.25, -0.2) is 9.97 Å². The summed E-state index contributed by atoms with van der Waals surface area (Å²) >= 11 is 0. The average molecular weight is 354 g/mol. The standard InChI is InChI=1S/C20H26N4O2/c1-26-18-9-5-4-8-16(18)10-12-21-20-22-13-11-17(23-20)19(25)24-14-6-2-3-7-15-24/h4-5,8-9,11,13H,2-3,6-7,10,12,14-15H2,1H3,(H,21,22,23). The number of methoxy groups -OCH3 is 1. The molecule has 1 aromatic heterocycles. The Bertz CT molecular complexity index is 727. The van der Waals surface area contributed by atoms with Crippen molar-refractivity contribution in [2.75, 3.05) is 32.1 Å². The quantitative estimate of drug-likeness (QED) is 0.863. The van der Waals surface area contributed by atoms with Crippen LogP contribution in [0.25, 0.3) is 0 Å². The fourth-order valence-corrected chi connectivity index (χ4v) is 3.22. The zero-order valence-corrected chi connectivity index (χ0v) is 15.3. The normalized spacial score (nSPS) is 14.6. The number of likely N-dealkylation sites (tertiary alicyclic amines) is 1. The lowest BCUT2D eigenvalue weighted by molar-refractivity contribution is 0.0755. The van der Waals surface area contributed by atoms with Crippen LogP contribution in [-0.4, -0.2) is 47.5 Å². The molecule has 0 unspecified atom stereocenters. The molecule has 1 amide bonds. The fourth-order valence-electron chi connectivity index (χ4n) is 3.22. The van der Waals surface area contributed by atoms with Crippen LogP contribution in [0.3, 0.4) is 0 Å². The van der Waals surface area contributed by atoms with E-state index < -0.39 is 0 Å². The predicted molar refractivity (Wildman–Crippen MR) is 102 cm³/mol. The highest BCUT2D eigenvalue weighted by Crippen LogP contribution is 2.18.